The average molecular weight is 547 g/mol. The highest BCUT2D eigenvalue weighted by Crippen LogP contribution is 2.43. The molecule has 1 aliphatic heterocycles. The van der Waals surface area contributed by atoms with Gasteiger partial charge >= 0.3 is 0 Å². The Labute approximate surface area is 232 Å². The molecular weight excluding hydrogens is 518 g/mol. The molecule has 1 saturated heterocycles. The number of hydrogen-bond acceptors (Lipinski definition) is 6. The van der Waals surface area contributed by atoms with Crippen LogP contribution in [0.25, 0.3) is 10.1 Å². The minimum absolute atomic E-state index is 0.0376. The van der Waals surface area contributed by atoms with Gasteiger partial charge in [0, 0.05) is 28.7 Å². The van der Waals surface area contributed by atoms with Crippen molar-refractivity contribution in [3.8, 4) is 23.0 Å². The number of hydrogen-bond donors (Lipinski definition) is 1. The molecule has 0 radical (unpaired) electrons. The average Bonchev–Trinajstić information content (AvgIpc) is 3.18. The van der Waals surface area contributed by atoms with Gasteiger partial charge in [0.15, 0.2) is 5.75 Å². The van der Waals surface area contributed by atoms with E-state index >= 15 is 0 Å². The first kappa shape index (κ1) is 27.2. The smallest absolute Gasteiger partial charge is 0.207 e. The number of nitrogens with zero attached hydrogens (tertiary/aromatic N) is 1. The summed E-state index contributed by atoms with van der Waals surface area (Å²) in [6.07, 6.45) is 0.531. The molecule has 0 saturated carbocycles. The molecule has 1 fully saturated rings. The van der Waals surface area contributed by atoms with Crippen LogP contribution in [0.1, 0.15) is 32.8 Å². The number of alkyl halides is 1. The van der Waals surface area contributed by atoms with E-state index in [1.165, 1.54) is 23.5 Å². The van der Waals surface area contributed by atoms with Crippen LogP contribution in [0.5, 0.6) is 23.0 Å². The van der Waals surface area contributed by atoms with Gasteiger partial charge in [-0.15, -0.1) is 11.3 Å². The molecule has 2 heterocycles. The van der Waals surface area contributed by atoms with Gasteiger partial charge in [-0.25, -0.2) is 4.39 Å². The summed E-state index contributed by atoms with van der Waals surface area (Å²) in [5, 5.41) is 10.5. The number of rotatable bonds is 9. The van der Waals surface area contributed by atoms with Crippen LogP contribution in [0.3, 0.4) is 0 Å². The molecule has 3 aromatic carbocycles. The standard InChI is InChI=1S/C29H29B2F2NO4S/c1-16-11-18(33)12-17(2)25(16)26(36)28-27(23-8-3-19(35)13-24(23)39-28)38-21-6-4-20(5-7-21)37-22-14-34(15-22)29(30,31)9-10-32/h3-8,11-13,22,35H,9-10,14-15,30-31H2,1-2H3. The molecule has 0 spiro atoms. The zero-order valence-corrected chi connectivity index (χ0v) is 23.2. The van der Waals surface area contributed by atoms with Gasteiger partial charge in [0.1, 0.15) is 49.7 Å². The number of carbonyl (C=O) groups excluding carboxylic acids is 1. The van der Waals surface area contributed by atoms with Gasteiger partial charge in [0.2, 0.25) is 5.78 Å². The van der Waals surface area contributed by atoms with Crippen molar-refractivity contribution in [3.63, 3.8) is 0 Å². The number of aromatic hydroxyl groups is 1. The maximum absolute atomic E-state index is 13.9. The zero-order chi connectivity index (χ0) is 27.9. The number of ether oxygens (including phenoxy) is 2. The van der Waals surface area contributed by atoms with Crippen LogP contribution in [0, 0.1) is 19.7 Å². The molecular formula is C29H29B2F2NO4S. The number of fused-ring (bicyclic) bond motifs is 1. The van der Waals surface area contributed by atoms with E-state index in [2.05, 4.69) is 4.90 Å². The summed E-state index contributed by atoms with van der Waals surface area (Å²) >= 11 is 1.23. The number of aryl methyl sites for hydroxylation is 2. The molecule has 10 heteroatoms. The van der Waals surface area contributed by atoms with Crippen LogP contribution < -0.4 is 9.47 Å². The second-order valence-corrected chi connectivity index (χ2v) is 11.7. The molecule has 4 aromatic rings. The van der Waals surface area contributed by atoms with Gasteiger partial charge < -0.3 is 19.5 Å². The Hall–Kier alpha value is -3.36. The van der Waals surface area contributed by atoms with Crippen molar-refractivity contribution in [2.24, 2.45) is 0 Å². The van der Waals surface area contributed by atoms with E-state index in [-0.39, 0.29) is 35.5 Å². The predicted molar refractivity (Wildman–Crippen MR) is 156 cm³/mol. The van der Waals surface area contributed by atoms with Crippen molar-refractivity contribution >= 4 is 42.9 Å². The molecule has 1 N–H and O–H groups in total. The third-order valence-corrected chi connectivity index (χ3v) is 8.45. The Morgan fingerprint density at radius 3 is 2.36 bits per heavy atom. The van der Waals surface area contributed by atoms with Crippen LogP contribution in [0.4, 0.5) is 8.78 Å². The molecule has 0 unspecified atom stereocenters. The summed E-state index contributed by atoms with van der Waals surface area (Å²) in [6.45, 7) is 4.57. The first-order valence-corrected chi connectivity index (χ1v) is 13.7. The first-order chi connectivity index (χ1) is 18.6. The molecule has 1 aliphatic rings. The van der Waals surface area contributed by atoms with E-state index in [4.69, 9.17) is 9.47 Å². The second kappa shape index (κ2) is 10.7. The summed E-state index contributed by atoms with van der Waals surface area (Å²) in [4.78, 5) is 16.3. The van der Waals surface area contributed by atoms with Gasteiger partial charge in [-0.3, -0.25) is 9.18 Å². The van der Waals surface area contributed by atoms with E-state index in [1.54, 1.807) is 44.2 Å². The molecule has 5 rings (SSSR count). The molecule has 5 nitrogen and oxygen atoms in total. The summed E-state index contributed by atoms with van der Waals surface area (Å²) < 4.78 is 39.8. The van der Waals surface area contributed by atoms with Crippen LogP contribution >= 0.6 is 11.3 Å². The number of ketones is 1. The van der Waals surface area contributed by atoms with Crippen molar-refractivity contribution in [3.05, 3.63) is 82.0 Å². The highest BCUT2D eigenvalue weighted by molar-refractivity contribution is 7.21. The lowest BCUT2D eigenvalue weighted by atomic mass is 9.58. The summed E-state index contributed by atoms with van der Waals surface area (Å²) in [5.74, 6) is 1.06. The Morgan fingerprint density at radius 1 is 1.08 bits per heavy atom. The van der Waals surface area contributed by atoms with E-state index in [9.17, 15) is 18.7 Å². The lowest BCUT2D eigenvalue weighted by Crippen LogP contribution is -2.64. The van der Waals surface area contributed by atoms with Gasteiger partial charge in [0.05, 0.1) is 6.67 Å². The number of benzene rings is 3. The van der Waals surface area contributed by atoms with Crippen molar-refractivity contribution in [1.82, 2.24) is 4.90 Å². The number of likely N-dealkylation sites (tertiary alicyclic amines) is 1. The molecule has 0 aliphatic carbocycles. The van der Waals surface area contributed by atoms with Gasteiger partial charge in [-0.2, -0.15) is 0 Å². The third-order valence-electron chi connectivity index (χ3n) is 7.32. The van der Waals surface area contributed by atoms with Gasteiger partial charge in [-0.1, -0.05) is 0 Å². The quantitative estimate of drug-likeness (QED) is 0.243. The van der Waals surface area contributed by atoms with Crippen LogP contribution in [-0.4, -0.2) is 62.7 Å². The lowest BCUT2D eigenvalue weighted by Gasteiger charge is -2.49. The normalized spacial score (nSPS) is 14.4. The predicted octanol–water partition coefficient (Wildman–Crippen LogP) is 4.73. The number of halogens is 2. The lowest BCUT2D eigenvalue weighted by molar-refractivity contribution is -0.00398. The maximum atomic E-state index is 13.9. The minimum Gasteiger partial charge on any atom is -0.508 e. The minimum atomic E-state index is -0.389. The SMILES string of the molecule is BC(B)(CCF)N1CC(Oc2ccc(Oc3c(C(=O)c4c(C)cc(F)cc4C)sc4cc(O)ccc34)cc2)C1. The Bertz CT molecular complexity index is 1510. The summed E-state index contributed by atoms with van der Waals surface area (Å²) in [7, 11) is 4.09. The number of thiophene rings is 1. The van der Waals surface area contributed by atoms with Crippen LogP contribution in [0.15, 0.2) is 54.6 Å². The molecule has 200 valence electrons. The zero-order valence-electron chi connectivity index (χ0n) is 22.4. The monoisotopic (exact) mass is 547 g/mol. The number of carbonyl (C=O) groups is 1. The highest BCUT2D eigenvalue weighted by Gasteiger charge is 2.38. The van der Waals surface area contributed by atoms with E-state index in [0.717, 1.165) is 13.1 Å². The Kier molecular flexibility index (Phi) is 7.44. The molecule has 0 amide bonds. The van der Waals surface area contributed by atoms with Crippen LogP contribution in [-0.2, 0) is 0 Å². The Morgan fingerprint density at radius 2 is 1.72 bits per heavy atom. The highest BCUT2D eigenvalue weighted by atomic mass is 32.1. The first-order valence-electron chi connectivity index (χ1n) is 12.9. The van der Waals surface area contributed by atoms with E-state index in [0.29, 0.717) is 55.3 Å². The maximum Gasteiger partial charge on any atom is 0.207 e. The fraction of sp³-hybridized carbons (Fsp3) is 0.276. The second-order valence-electron chi connectivity index (χ2n) is 10.7. The topological polar surface area (TPSA) is 59.0 Å². The molecule has 0 bridgehead atoms. The van der Waals surface area contributed by atoms with Crippen molar-refractivity contribution in [2.45, 2.75) is 31.7 Å². The molecule has 1 aromatic heterocycles. The summed E-state index contributed by atoms with van der Waals surface area (Å²) in [6, 6.07) is 14.8. The fourth-order valence-corrected chi connectivity index (χ4v) is 6.10. The largest absolute Gasteiger partial charge is 0.508 e. The fourth-order valence-electron chi connectivity index (χ4n) is 4.99. The van der Waals surface area contributed by atoms with Crippen molar-refractivity contribution in [2.75, 3.05) is 19.8 Å². The van der Waals surface area contributed by atoms with Crippen molar-refractivity contribution < 1.29 is 28.2 Å². The molecule has 39 heavy (non-hydrogen) atoms. The number of phenols is 1. The number of phenolic OH excluding ortho intramolecular Hbond substituents is 1. The third kappa shape index (κ3) is 5.54. The van der Waals surface area contributed by atoms with Gasteiger partial charge in [0.25, 0.3) is 0 Å². The van der Waals surface area contributed by atoms with Crippen molar-refractivity contribution in [1.29, 1.82) is 0 Å². The van der Waals surface area contributed by atoms with E-state index in [1.807, 2.05) is 27.8 Å². The Balaban J connectivity index is 1.37. The van der Waals surface area contributed by atoms with E-state index < -0.39 is 0 Å². The summed E-state index contributed by atoms with van der Waals surface area (Å²) in [5.41, 5.74) is 1.53. The molecule has 0 atom stereocenters. The van der Waals surface area contributed by atoms with Crippen LogP contribution in [0.2, 0.25) is 0 Å². The van der Waals surface area contributed by atoms with Gasteiger partial charge in [-0.05, 0) is 91.3 Å².